The molecule has 0 atom stereocenters. The third kappa shape index (κ3) is 7.95. The van der Waals surface area contributed by atoms with Crippen molar-refractivity contribution >= 4 is 43.7 Å². The number of furan rings is 1. The van der Waals surface area contributed by atoms with Gasteiger partial charge in [0.1, 0.15) is 17.0 Å². The summed E-state index contributed by atoms with van der Waals surface area (Å²) in [6.45, 7) is 0. The van der Waals surface area contributed by atoms with E-state index in [9.17, 15) is 0 Å². The van der Waals surface area contributed by atoms with Crippen LogP contribution in [-0.2, 0) is 6.42 Å². The van der Waals surface area contributed by atoms with Crippen LogP contribution in [-0.4, -0.2) is 19.5 Å². The van der Waals surface area contributed by atoms with Crippen LogP contribution in [0.4, 0.5) is 0 Å². The molecule has 0 bridgehead atoms. The first kappa shape index (κ1) is 43.8. The SMILES string of the molecule is c1ccc(-c2cc(-c3ccccc3)cc(-c3nc(Cc4cc(-c5ccccc5)c(-n5c6ccccc6c6c7oc8c(-c9ccccc9)cccc8c7ccc65)c(-c5ccccc5)c4)nc(-c4ccccc4)n3)c2)cc1. The van der Waals surface area contributed by atoms with Gasteiger partial charge in [-0.3, -0.25) is 0 Å². The summed E-state index contributed by atoms with van der Waals surface area (Å²) in [6.07, 6.45) is 0.454. The molecule has 0 amide bonds. The first-order valence-electron chi connectivity index (χ1n) is 25.5. The predicted octanol–water partition coefficient (Wildman–Crippen LogP) is 18.1. The van der Waals surface area contributed by atoms with Gasteiger partial charge in [0.05, 0.1) is 22.1 Å². The molecule has 0 aliphatic rings. The average molecular weight is 959 g/mol. The van der Waals surface area contributed by atoms with Gasteiger partial charge >= 0.3 is 0 Å². The minimum atomic E-state index is 0.454. The highest BCUT2D eigenvalue weighted by Crippen LogP contribution is 2.46. The lowest BCUT2D eigenvalue weighted by Gasteiger charge is -2.21. The molecule has 352 valence electrons. The first-order chi connectivity index (χ1) is 37.2. The maximum Gasteiger partial charge on any atom is 0.163 e. The number of nitrogens with zero attached hydrogens (tertiary/aromatic N) is 4. The highest BCUT2D eigenvalue weighted by molar-refractivity contribution is 6.25. The topological polar surface area (TPSA) is 56.7 Å². The van der Waals surface area contributed by atoms with E-state index < -0.39 is 0 Å². The van der Waals surface area contributed by atoms with Crippen LogP contribution >= 0.6 is 0 Å². The Bertz CT molecular complexity index is 4280. The number of hydrogen-bond acceptors (Lipinski definition) is 4. The van der Waals surface area contributed by atoms with Crippen LogP contribution in [0.15, 0.2) is 271 Å². The highest BCUT2D eigenvalue weighted by Gasteiger charge is 2.25. The molecule has 11 aromatic carbocycles. The van der Waals surface area contributed by atoms with E-state index in [0.717, 1.165) is 122 Å². The van der Waals surface area contributed by atoms with Crippen molar-refractivity contribution in [2.75, 3.05) is 0 Å². The van der Waals surface area contributed by atoms with E-state index in [1.807, 2.05) is 18.2 Å². The molecule has 0 N–H and O–H groups in total. The Labute approximate surface area is 434 Å². The Morgan fingerprint density at radius 3 is 1.33 bits per heavy atom. The largest absolute Gasteiger partial charge is 0.455 e. The van der Waals surface area contributed by atoms with E-state index in [-0.39, 0.29) is 0 Å². The predicted molar refractivity (Wildman–Crippen MR) is 309 cm³/mol. The lowest BCUT2D eigenvalue weighted by Crippen LogP contribution is -2.06. The molecule has 0 unspecified atom stereocenters. The minimum absolute atomic E-state index is 0.454. The Kier molecular flexibility index (Phi) is 10.8. The van der Waals surface area contributed by atoms with Crippen LogP contribution in [0.3, 0.4) is 0 Å². The summed E-state index contributed by atoms with van der Waals surface area (Å²) in [7, 11) is 0. The molecule has 3 aromatic heterocycles. The van der Waals surface area contributed by atoms with Gasteiger partial charge in [0.25, 0.3) is 0 Å². The van der Waals surface area contributed by atoms with Crippen molar-refractivity contribution in [2.24, 2.45) is 0 Å². The number of hydrogen-bond donors (Lipinski definition) is 0. The Balaban J connectivity index is 0.995. The number of aromatic nitrogens is 4. The molecule has 3 heterocycles. The second-order valence-corrected chi connectivity index (χ2v) is 19.1. The van der Waals surface area contributed by atoms with E-state index >= 15 is 0 Å². The Morgan fingerprint density at radius 2 is 0.760 bits per heavy atom. The van der Waals surface area contributed by atoms with E-state index in [0.29, 0.717) is 23.9 Å². The van der Waals surface area contributed by atoms with Gasteiger partial charge in [0.2, 0.25) is 0 Å². The number of fused-ring (bicyclic) bond motifs is 7. The summed E-state index contributed by atoms with van der Waals surface area (Å²) in [5.74, 6) is 1.92. The zero-order valence-electron chi connectivity index (χ0n) is 40.8. The van der Waals surface area contributed by atoms with Crippen molar-refractivity contribution in [3.63, 3.8) is 0 Å². The van der Waals surface area contributed by atoms with Gasteiger partial charge in [0, 0.05) is 50.4 Å². The van der Waals surface area contributed by atoms with Gasteiger partial charge in [-0.15, -0.1) is 0 Å². The van der Waals surface area contributed by atoms with Crippen LogP contribution in [0, 0.1) is 0 Å². The van der Waals surface area contributed by atoms with Crippen LogP contribution < -0.4 is 0 Å². The maximum absolute atomic E-state index is 7.13. The fourth-order valence-electron chi connectivity index (χ4n) is 11.0. The lowest BCUT2D eigenvalue weighted by atomic mass is 9.91. The summed E-state index contributed by atoms with van der Waals surface area (Å²) >= 11 is 0. The zero-order chi connectivity index (χ0) is 49.7. The second-order valence-electron chi connectivity index (χ2n) is 19.1. The average Bonchev–Trinajstić information content (AvgIpc) is 4.12. The molecule has 0 fully saturated rings. The number of para-hydroxylation sites is 2. The smallest absolute Gasteiger partial charge is 0.163 e. The highest BCUT2D eigenvalue weighted by atomic mass is 16.3. The molecule has 0 radical (unpaired) electrons. The van der Waals surface area contributed by atoms with Crippen molar-refractivity contribution in [1.82, 2.24) is 19.5 Å². The van der Waals surface area contributed by atoms with Gasteiger partial charge in [-0.25, -0.2) is 15.0 Å². The fraction of sp³-hybridized carbons (Fsp3) is 0.0143. The molecule has 0 aliphatic carbocycles. The molecule has 5 heteroatoms. The molecule has 5 nitrogen and oxygen atoms in total. The molecule has 0 spiro atoms. The maximum atomic E-state index is 7.13. The molecule has 75 heavy (non-hydrogen) atoms. The molecule has 14 rings (SSSR count). The molecule has 14 aromatic rings. The van der Waals surface area contributed by atoms with E-state index in [1.165, 1.54) is 0 Å². The standard InChI is InChI=1S/C70H46N4O/c1-7-22-47(23-8-1)53-43-54(48-24-9-2-10-25-48)45-55(44-53)70-72-64(71-69(73-70)52-32-17-6-18-33-52)42-46-40-60(50-28-13-4-14-29-50)66(61(41-46)51-30-15-5-16-31-51)74-62-37-20-19-34-59(62)65-63(74)39-38-58-57-36-21-35-56(67(57)75-68(58)65)49-26-11-3-12-27-49/h1-41,43-45H,42H2. The van der Waals surface area contributed by atoms with Gasteiger partial charge in [-0.2, -0.15) is 0 Å². The molecule has 0 aliphatic heterocycles. The summed E-state index contributed by atoms with van der Waals surface area (Å²) < 4.78 is 9.59. The van der Waals surface area contributed by atoms with E-state index in [2.05, 4.69) is 253 Å². The van der Waals surface area contributed by atoms with Crippen LogP contribution in [0.2, 0.25) is 0 Å². The summed E-state index contributed by atoms with van der Waals surface area (Å²) in [6, 6.07) is 94.5. The zero-order valence-corrected chi connectivity index (χ0v) is 40.8. The van der Waals surface area contributed by atoms with Crippen molar-refractivity contribution in [3.8, 4) is 84.1 Å². The van der Waals surface area contributed by atoms with Crippen LogP contribution in [0.25, 0.3) is 128 Å². The molecular weight excluding hydrogens is 913 g/mol. The monoisotopic (exact) mass is 958 g/mol. The Hall–Kier alpha value is -9.97. The van der Waals surface area contributed by atoms with E-state index in [4.69, 9.17) is 19.4 Å². The van der Waals surface area contributed by atoms with Gasteiger partial charge in [-0.05, 0) is 93.0 Å². The van der Waals surface area contributed by atoms with Gasteiger partial charge in [0.15, 0.2) is 11.6 Å². The fourth-order valence-corrected chi connectivity index (χ4v) is 11.0. The van der Waals surface area contributed by atoms with Crippen molar-refractivity contribution in [3.05, 3.63) is 278 Å². The van der Waals surface area contributed by atoms with Crippen molar-refractivity contribution in [2.45, 2.75) is 6.42 Å². The minimum Gasteiger partial charge on any atom is -0.455 e. The third-order valence-corrected chi connectivity index (χ3v) is 14.4. The molecule has 0 saturated heterocycles. The summed E-state index contributed by atoms with van der Waals surface area (Å²) in [5.41, 5.74) is 18.9. The van der Waals surface area contributed by atoms with Crippen LogP contribution in [0.1, 0.15) is 11.4 Å². The number of benzene rings is 11. The quantitative estimate of drug-likeness (QED) is 0.137. The summed E-state index contributed by atoms with van der Waals surface area (Å²) in [5, 5.41) is 4.40. The van der Waals surface area contributed by atoms with Crippen molar-refractivity contribution in [1.29, 1.82) is 0 Å². The molecule has 0 saturated carbocycles. The second kappa shape index (κ2) is 18.6. The van der Waals surface area contributed by atoms with Crippen LogP contribution in [0.5, 0.6) is 0 Å². The number of rotatable bonds is 10. The first-order valence-corrected chi connectivity index (χ1v) is 25.5. The third-order valence-electron chi connectivity index (χ3n) is 14.4. The summed E-state index contributed by atoms with van der Waals surface area (Å²) in [4.78, 5) is 15.9. The van der Waals surface area contributed by atoms with Gasteiger partial charge in [-0.1, -0.05) is 218 Å². The molecular formula is C70H46N4O. The van der Waals surface area contributed by atoms with Crippen molar-refractivity contribution < 1.29 is 4.42 Å². The van der Waals surface area contributed by atoms with Gasteiger partial charge < -0.3 is 8.98 Å². The van der Waals surface area contributed by atoms with E-state index in [1.54, 1.807) is 0 Å². The lowest BCUT2D eigenvalue weighted by molar-refractivity contribution is 0.674. The Morgan fingerprint density at radius 1 is 0.307 bits per heavy atom. The normalized spacial score (nSPS) is 11.5.